The van der Waals surface area contributed by atoms with Gasteiger partial charge in [0, 0.05) is 11.1 Å². The highest BCUT2D eigenvalue weighted by molar-refractivity contribution is 9.10. The van der Waals surface area contributed by atoms with Crippen molar-refractivity contribution in [1.29, 1.82) is 0 Å². The Morgan fingerprint density at radius 3 is 2.52 bits per heavy atom. The molecule has 2 aliphatic rings. The summed E-state index contributed by atoms with van der Waals surface area (Å²) in [4.78, 5) is 25.8. The van der Waals surface area contributed by atoms with Gasteiger partial charge in [-0.2, -0.15) is 0 Å². The number of nitrogens with one attached hydrogen (secondary N) is 1. The number of esters is 1. The van der Waals surface area contributed by atoms with E-state index in [0.717, 1.165) is 34.0 Å². The molecule has 0 unspecified atom stereocenters. The van der Waals surface area contributed by atoms with Crippen molar-refractivity contribution in [2.75, 3.05) is 6.61 Å². The summed E-state index contributed by atoms with van der Waals surface area (Å²) >= 11 is 3.58. The second-order valence-electron chi connectivity index (χ2n) is 8.34. The molecule has 1 heterocycles. The van der Waals surface area contributed by atoms with Crippen molar-refractivity contribution < 1.29 is 19.1 Å². The second-order valence-corrected chi connectivity index (χ2v) is 9.19. The van der Waals surface area contributed by atoms with Gasteiger partial charge in [-0.1, -0.05) is 35.8 Å². The fraction of sp³-hybridized carbons (Fsp3) is 0.565. The molecular weight excluding hydrogens is 434 g/mol. The molecular formula is C23H30BrNO4. The number of rotatable bonds is 5. The van der Waals surface area contributed by atoms with E-state index in [9.17, 15) is 9.59 Å². The van der Waals surface area contributed by atoms with Crippen LogP contribution in [0.4, 0.5) is 0 Å². The van der Waals surface area contributed by atoms with E-state index in [1.807, 2.05) is 32.9 Å². The molecule has 1 aliphatic heterocycles. The summed E-state index contributed by atoms with van der Waals surface area (Å²) in [5.41, 5.74) is 2.63. The van der Waals surface area contributed by atoms with Crippen LogP contribution in [0.5, 0.6) is 0 Å². The van der Waals surface area contributed by atoms with Gasteiger partial charge in [-0.15, -0.1) is 0 Å². The third-order valence-corrected chi connectivity index (χ3v) is 6.82. The summed E-state index contributed by atoms with van der Waals surface area (Å²) < 4.78 is 12.7. The summed E-state index contributed by atoms with van der Waals surface area (Å²) in [6.45, 7) is 10.2. The molecule has 3 rings (SSSR count). The molecule has 1 aliphatic carbocycles. The van der Waals surface area contributed by atoms with Crippen LogP contribution in [0, 0.1) is 19.8 Å². The molecule has 0 radical (unpaired) electrons. The van der Waals surface area contributed by atoms with E-state index in [1.54, 1.807) is 13.8 Å². The van der Waals surface area contributed by atoms with Crippen LogP contribution < -0.4 is 5.32 Å². The minimum absolute atomic E-state index is 0.171. The Labute approximate surface area is 181 Å². The van der Waals surface area contributed by atoms with Crippen LogP contribution in [0.2, 0.25) is 0 Å². The third kappa shape index (κ3) is 4.15. The maximum atomic E-state index is 13.2. The first-order chi connectivity index (χ1) is 13.7. The largest absolute Gasteiger partial charge is 0.427 e. The predicted octanol–water partition coefficient (Wildman–Crippen LogP) is 4.82. The zero-order valence-electron chi connectivity index (χ0n) is 17.9. The number of carbonyl (C=O) groups is 2. The minimum atomic E-state index is -0.647. The summed E-state index contributed by atoms with van der Waals surface area (Å²) in [5, 5.41) is 3.19. The topological polar surface area (TPSA) is 64.6 Å². The molecule has 0 atom stereocenters. The minimum Gasteiger partial charge on any atom is -0.427 e. The lowest BCUT2D eigenvalue weighted by molar-refractivity contribution is -0.144. The second kappa shape index (κ2) is 8.60. The highest BCUT2D eigenvalue weighted by Crippen LogP contribution is 2.45. The lowest BCUT2D eigenvalue weighted by Gasteiger charge is -2.38. The molecule has 5 nitrogen and oxygen atoms in total. The summed E-state index contributed by atoms with van der Waals surface area (Å²) in [6, 6.07) is 3.95. The number of amides is 1. The van der Waals surface area contributed by atoms with Gasteiger partial charge >= 0.3 is 5.97 Å². The van der Waals surface area contributed by atoms with E-state index >= 15 is 0 Å². The lowest BCUT2D eigenvalue weighted by Crippen LogP contribution is -2.49. The molecule has 1 N–H and O–H groups in total. The van der Waals surface area contributed by atoms with Gasteiger partial charge in [0.2, 0.25) is 0 Å². The SMILES string of the molecule is CCOC1CCC2(CC1)NC(=O)C(c1c(C)ccc(Br)c1C)=C2OC(=O)C(C)C. The van der Waals surface area contributed by atoms with Crippen LogP contribution in [0.3, 0.4) is 0 Å². The van der Waals surface area contributed by atoms with Crippen molar-refractivity contribution in [3.8, 4) is 0 Å². The van der Waals surface area contributed by atoms with Crippen molar-refractivity contribution in [2.45, 2.75) is 71.9 Å². The van der Waals surface area contributed by atoms with E-state index in [4.69, 9.17) is 9.47 Å². The van der Waals surface area contributed by atoms with Crippen molar-refractivity contribution in [2.24, 2.45) is 5.92 Å². The number of hydrogen-bond donors (Lipinski definition) is 1. The number of benzene rings is 1. The van der Waals surface area contributed by atoms with Gasteiger partial charge in [0.05, 0.1) is 23.1 Å². The van der Waals surface area contributed by atoms with Crippen molar-refractivity contribution in [1.82, 2.24) is 5.32 Å². The van der Waals surface area contributed by atoms with Crippen molar-refractivity contribution in [3.05, 3.63) is 39.1 Å². The molecule has 1 spiro atoms. The fourth-order valence-corrected chi connectivity index (χ4v) is 4.65. The Bertz CT molecular complexity index is 851. The van der Waals surface area contributed by atoms with Gasteiger partial charge in [0.25, 0.3) is 5.91 Å². The van der Waals surface area contributed by atoms with E-state index in [2.05, 4.69) is 21.2 Å². The molecule has 29 heavy (non-hydrogen) atoms. The van der Waals surface area contributed by atoms with Gasteiger partial charge in [-0.05, 0) is 69.2 Å². The Balaban J connectivity index is 2.12. The zero-order chi connectivity index (χ0) is 21.3. The molecule has 0 aromatic heterocycles. The standard InChI is InChI=1S/C23H30BrNO4/c1-6-28-16-9-11-23(12-10-16)20(29-22(27)13(2)3)19(21(26)25-23)18-14(4)7-8-17(24)15(18)5/h7-8,13,16H,6,9-12H2,1-5H3,(H,25,26). The number of ether oxygens (including phenoxy) is 2. The molecule has 1 saturated carbocycles. The van der Waals surface area contributed by atoms with Crippen molar-refractivity contribution in [3.63, 3.8) is 0 Å². The van der Waals surface area contributed by atoms with E-state index in [0.29, 0.717) is 30.8 Å². The normalized spacial score (nSPS) is 24.4. The van der Waals surface area contributed by atoms with Crippen LogP contribution in [0.1, 0.15) is 63.1 Å². The summed E-state index contributed by atoms with van der Waals surface area (Å²) in [6.07, 6.45) is 3.21. The summed E-state index contributed by atoms with van der Waals surface area (Å²) in [7, 11) is 0. The highest BCUT2D eigenvalue weighted by atomic mass is 79.9. The van der Waals surface area contributed by atoms with Crippen LogP contribution in [0.25, 0.3) is 5.57 Å². The van der Waals surface area contributed by atoms with Crippen LogP contribution in [0.15, 0.2) is 22.4 Å². The monoisotopic (exact) mass is 463 g/mol. The Morgan fingerprint density at radius 2 is 1.93 bits per heavy atom. The van der Waals surface area contributed by atoms with E-state index < -0.39 is 5.54 Å². The third-order valence-electron chi connectivity index (χ3n) is 5.96. The van der Waals surface area contributed by atoms with Gasteiger partial charge in [-0.25, -0.2) is 0 Å². The maximum absolute atomic E-state index is 13.2. The first-order valence-corrected chi connectivity index (χ1v) is 11.2. The molecule has 6 heteroatoms. The fourth-order valence-electron chi connectivity index (χ4n) is 4.32. The smallest absolute Gasteiger partial charge is 0.313 e. The Hall–Kier alpha value is -1.66. The number of aryl methyl sites for hydroxylation is 1. The maximum Gasteiger partial charge on any atom is 0.313 e. The average Bonchev–Trinajstić information content (AvgIpc) is 2.92. The Kier molecular flexibility index (Phi) is 6.54. The molecule has 1 aromatic carbocycles. The van der Waals surface area contributed by atoms with Gasteiger partial charge in [0.15, 0.2) is 0 Å². The molecule has 158 valence electrons. The predicted molar refractivity (Wildman–Crippen MR) is 116 cm³/mol. The Morgan fingerprint density at radius 1 is 1.28 bits per heavy atom. The van der Waals surface area contributed by atoms with Gasteiger partial charge in [-0.3, -0.25) is 9.59 Å². The van der Waals surface area contributed by atoms with Crippen LogP contribution >= 0.6 is 15.9 Å². The van der Waals surface area contributed by atoms with Crippen LogP contribution in [-0.4, -0.2) is 30.1 Å². The highest BCUT2D eigenvalue weighted by Gasteiger charge is 2.50. The first-order valence-electron chi connectivity index (χ1n) is 10.4. The van der Waals surface area contributed by atoms with Gasteiger partial charge in [0.1, 0.15) is 5.76 Å². The van der Waals surface area contributed by atoms with Crippen LogP contribution in [-0.2, 0) is 19.1 Å². The quantitative estimate of drug-likeness (QED) is 0.635. The number of halogens is 1. The van der Waals surface area contributed by atoms with Gasteiger partial charge < -0.3 is 14.8 Å². The molecule has 0 bridgehead atoms. The van der Waals surface area contributed by atoms with E-state index in [1.165, 1.54) is 0 Å². The molecule has 1 fully saturated rings. The summed E-state index contributed by atoms with van der Waals surface area (Å²) in [5.74, 6) is -0.275. The lowest BCUT2D eigenvalue weighted by atomic mass is 9.78. The number of hydrogen-bond acceptors (Lipinski definition) is 4. The van der Waals surface area contributed by atoms with E-state index in [-0.39, 0.29) is 23.9 Å². The number of carbonyl (C=O) groups excluding carboxylic acids is 2. The first kappa shape index (κ1) is 22.0. The zero-order valence-corrected chi connectivity index (χ0v) is 19.4. The molecule has 1 amide bonds. The molecule has 1 aromatic rings. The average molecular weight is 464 g/mol. The van der Waals surface area contributed by atoms with Crippen molar-refractivity contribution >= 4 is 33.4 Å². The molecule has 0 saturated heterocycles.